The summed E-state index contributed by atoms with van der Waals surface area (Å²) in [6, 6.07) is 4.91. The van der Waals surface area contributed by atoms with Crippen LogP contribution in [-0.2, 0) is 0 Å². The zero-order chi connectivity index (χ0) is 15.4. The third-order valence-electron chi connectivity index (χ3n) is 5.43. The molecule has 0 spiro atoms. The van der Waals surface area contributed by atoms with Gasteiger partial charge in [0.15, 0.2) is 0 Å². The zero-order valence-electron chi connectivity index (χ0n) is 14.3. The Kier molecular flexibility index (Phi) is 5.69. The molecule has 1 aromatic rings. The van der Waals surface area contributed by atoms with Crippen LogP contribution in [0.3, 0.4) is 0 Å². The molecule has 3 atom stereocenters. The summed E-state index contributed by atoms with van der Waals surface area (Å²) >= 11 is 0. The number of benzene rings is 1. The highest BCUT2D eigenvalue weighted by molar-refractivity contribution is 5.47. The SMILES string of the molecule is CCC1CCCC(C(NC)c2ccc(C)c(C)c2OC)C1. The van der Waals surface area contributed by atoms with Gasteiger partial charge >= 0.3 is 0 Å². The van der Waals surface area contributed by atoms with E-state index < -0.39 is 0 Å². The third kappa shape index (κ3) is 3.42. The number of methoxy groups -OCH3 is 1. The van der Waals surface area contributed by atoms with Crippen molar-refractivity contribution in [3.63, 3.8) is 0 Å². The van der Waals surface area contributed by atoms with Crippen LogP contribution in [0.4, 0.5) is 0 Å². The van der Waals surface area contributed by atoms with Gasteiger partial charge in [-0.15, -0.1) is 0 Å². The lowest BCUT2D eigenvalue weighted by molar-refractivity contribution is 0.212. The molecule has 0 radical (unpaired) electrons. The molecule has 21 heavy (non-hydrogen) atoms. The number of aryl methyl sites for hydroxylation is 1. The van der Waals surface area contributed by atoms with E-state index in [0.29, 0.717) is 6.04 Å². The number of ether oxygens (including phenoxy) is 1. The van der Waals surface area contributed by atoms with Crippen molar-refractivity contribution in [1.29, 1.82) is 0 Å². The number of rotatable bonds is 5. The van der Waals surface area contributed by atoms with Crippen LogP contribution < -0.4 is 10.1 Å². The molecule has 2 heteroatoms. The van der Waals surface area contributed by atoms with Crippen LogP contribution in [0, 0.1) is 25.7 Å². The number of nitrogens with one attached hydrogen (secondary N) is 1. The zero-order valence-corrected chi connectivity index (χ0v) is 14.3. The molecule has 0 saturated heterocycles. The van der Waals surface area contributed by atoms with Crippen molar-refractivity contribution in [1.82, 2.24) is 5.32 Å². The molecule has 1 aliphatic carbocycles. The molecule has 1 N–H and O–H groups in total. The van der Waals surface area contributed by atoms with Crippen molar-refractivity contribution in [2.24, 2.45) is 11.8 Å². The Morgan fingerprint density at radius 3 is 2.67 bits per heavy atom. The Balaban J connectivity index is 2.31. The summed E-state index contributed by atoms with van der Waals surface area (Å²) in [7, 11) is 3.89. The number of hydrogen-bond donors (Lipinski definition) is 1. The fourth-order valence-electron chi connectivity index (χ4n) is 3.98. The van der Waals surface area contributed by atoms with E-state index in [1.165, 1.54) is 48.8 Å². The molecule has 0 aliphatic heterocycles. The van der Waals surface area contributed by atoms with Gasteiger partial charge in [0.1, 0.15) is 5.75 Å². The normalized spacial score (nSPS) is 23.9. The first kappa shape index (κ1) is 16.4. The smallest absolute Gasteiger partial charge is 0.126 e. The quantitative estimate of drug-likeness (QED) is 0.841. The highest BCUT2D eigenvalue weighted by Gasteiger charge is 2.30. The number of hydrogen-bond acceptors (Lipinski definition) is 2. The van der Waals surface area contributed by atoms with Gasteiger partial charge in [-0.2, -0.15) is 0 Å². The van der Waals surface area contributed by atoms with E-state index in [4.69, 9.17) is 4.74 Å². The summed E-state index contributed by atoms with van der Waals surface area (Å²) in [4.78, 5) is 0. The van der Waals surface area contributed by atoms with Crippen LogP contribution in [0.5, 0.6) is 5.75 Å². The molecule has 2 rings (SSSR count). The van der Waals surface area contributed by atoms with Gasteiger partial charge in [0.2, 0.25) is 0 Å². The van der Waals surface area contributed by atoms with Crippen molar-refractivity contribution in [2.75, 3.05) is 14.2 Å². The average molecular weight is 289 g/mol. The summed E-state index contributed by atoms with van der Waals surface area (Å²) in [5.41, 5.74) is 3.92. The second kappa shape index (κ2) is 7.31. The van der Waals surface area contributed by atoms with E-state index in [1.807, 2.05) is 0 Å². The van der Waals surface area contributed by atoms with Crippen LogP contribution in [0.2, 0.25) is 0 Å². The van der Waals surface area contributed by atoms with Crippen molar-refractivity contribution >= 4 is 0 Å². The van der Waals surface area contributed by atoms with Crippen molar-refractivity contribution < 1.29 is 4.74 Å². The highest BCUT2D eigenvalue weighted by Crippen LogP contribution is 2.41. The molecule has 0 bridgehead atoms. The molecule has 1 aromatic carbocycles. The maximum Gasteiger partial charge on any atom is 0.126 e. The van der Waals surface area contributed by atoms with Gasteiger partial charge < -0.3 is 10.1 Å². The standard InChI is InChI=1S/C19H31NO/c1-6-15-8-7-9-16(12-15)18(20-4)17-11-10-13(2)14(3)19(17)21-5/h10-11,15-16,18,20H,6-9,12H2,1-5H3. The first-order chi connectivity index (χ1) is 10.1. The van der Waals surface area contributed by atoms with Gasteiger partial charge in [-0.25, -0.2) is 0 Å². The Morgan fingerprint density at radius 1 is 1.29 bits per heavy atom. The van der Waals surface area contributed by atoms with Crippen LogP contribution in [0.15, 0.2) is 12.1 Å². The Hall–Kier alpha value is -1.02. The summed E-state index contributed by atoms with van der Waals surface area (Å²) < 4.78 is 5.74. The van der Waals surface area contributed by atoms with Crippen LogP contribution in [0.25, 0.3) is 0 Å². The molecule has 0 amide bonds. The van der Waals surface area contributed by atoms with E-state index in [2.05, 4.69) is 45.3 Å². The maximum absolute atomic E-state index is 5.74. The molecule has 0 heterocycles. The lowest BCUT2D eigenvalue weighted by Gasteiger charge is -2.35. The fraction of sp³-hybridized carbons (Fsp3) is 0.684. The molecule has 1 saturated carbocycles. The van der Waals surface area contributed by atoms with Crippen LogP contribution in [-0.4, -0.2) is 14.2 Å². The second-order valence-corrected chi connectivity index (χ2v) is 6.60. The molecule has 2 nitrogen and oxygen atoms in total. The molecule has 1 aliphatic rings. The molecular weight excluding hydrogens is 258 g/mol. The molecule has 118 valence electrons. The monoisotopic (exact) mass is 289 g/mol. The lowest BCUT2D eigenvalue weighted by atomic mass is 9.75. The summed E-state index contributed by atoms with van der Waals surface area (Å²) in [5.74, 6) is 2.70. The minimum absolute atomic E-state index is 0.411. The summed E-state index contributed by atoms with van der Waals surface area (Å²) in [6.45, 7) is 6.65. The van der Waals surface area contributed by atoms with Crippen molar-refractivity contribution in [3.05, 3.63) is 28.8 Å². The van der Waals surface area contributed by atoms with Crippen LogP contribution >= 0.6 is 0 Å². The first-order valence-electron chi connectivity index (χ1n) is 8.43. The molecule has 3 unspecified atom stereocenters. The largest absolute Gasteiger partial charge is 0.496 e. The van der Waals surface area contributed by atoms with Crippen molar-refractivity contribution in [2.45, 2.75) is 58.9 Å². The second-order valence-electron chi connectivity index (χ2n) is 6.60. The van der Waals surface area contributed by atoms with E-state index >= 15 is 0 Å². The van der Waals surface area contributed by atoms with E-state index in [0.717, 1.165) is 17.6 Å². The molecule has 1 fully saturated rings. The Labute approximate surface area is 130 Å². The predicted octanol–water partition coefficient (Wildman–Crippen LogP) is 4.79. The topological polar surface area (TPSA) is 21.3 Å². The van der Waals surface area contributed by atoms with Gasteiger partial charge in [-0.1, -0.05) is 38.3 Å². The Bertz CT molecular complexity index is 469. The average Bonchev–Trinajstić information content (AvgIpc) is 2.52. The van der Waals surface area contributed by atoms with E-state index in [1.54, 1.807) is 7.11 Å². The highest BCUT2D eigenvalue weighted by atomic mass is 16.5. The van der Waals surface area contributed by atoms with Gasteiger partial charge in [0.25, 0.3) is 0 Å². The summed E-state index contributed by atoms with van der Waals surface area (Å²) in [6.07, 6.45) is 6.77. The molecular formula is C19H31NO. The summed E-state index contributed by atoms with van der Waals surface area (Å²) in [5, 5.41) is 3.57. The Morgan fingerprint density at radius 2 is 2.05 bits per heavy atom. The van der Waals surface area contributed by atoms with Gasteiger partial charge in [-0.05, 0) is 56.7 Å². The maximum atomic E-state index is 5.74. The third-order valence-corrected chi connectivity index (χ3v) is 5.43. The van der Waals surface area contributed by atoms with Crippen molar-refractivity contribution in [3.8, 4) is 5.75 Å². The fourth-order valence-corrected chi connectivity index (χ4v) is 3.98. The minimum atomic E-state index is 0.411. The van der Waals surface area contributed by atoms with Gasteiger partial charge in [0, 0.05) is 11.6 Å². The first-order valence-corrected chi connectivity index (χ1v) is 8.43. The lowest BCUT2D eigenvalue weighted by Crippen LogP contribution is -2.30. The van der Waals surface area contributed by atoms with Crippen LogP contribution in [0.1, 0.15) is 61.8 Å². The van der Waals surface area contributed by atoms with E-state index in [9.17, 15) is 0 Å². The van der Waals surface area contributed by atoms with E-state index in [-0.39, 0.29) is 0 Å². The van der Waals surface area contributed by atoms with Gasteiger partial charge in [-0.3, -0.25) is 0 Å². The predicted molar refractivity (Wildman–Crippen MR) is 90.0 cm³/mol. The van der Waals surface area contributed by atoms with Gasteiger partial charge in [0.05, 0.1) is 7.11 Å². The molecule has 0 aromatic heterocycles. The minimum Gasteiger partial charge on any atom is -0.496 e.